The molecule has 0 aromatic rings. The van der Waals surface area contributed by atoms with Gasteiger partial charge in [-0.05, 0) is 26.7 Å². The van der Waals surface area contributed by atoms with Crippen molar-refractivity contribution in [1.29, 1.82) is 0 Å². The number of rotatable bonds is 4. The summed E-state index contributed by atoms with van der Waals surface area (Å²) in [5.41, 5.74) is 9.65. The van der Waals surface area contributed by atoms with Gasteiger partial charge >= 0.3 is 0 Å². The number of amides is 2. The minimum atomic E-state index is -0.953. The maximum Gasteiger partial charge on any atom is 0.241 e. The predicted octanol–water partition coefficient (Wildman–Crippen LogP) is 0.568. The van der Waals surface area contributed by atoms with Crippen LogP contribution in [0.25, 0.3) is 0 Å². The molecule has 1 saturated heterocycles. The number of primary amides is 1. The Morgan fingerprint density at radius 1 is 1.36 bits per heavy atom. The molecule has 7 heteroatoms. The van der Waals surface area contributed by atoms with Crippen LogP contribution in [0.1, 0.15) is 40.5 Å². The molecule has 22 heavy (non-hydrogen) atoms. The maximum absolute atomic E-state index is 12.6. The topological polar surface area (TPSA) is 107 Å². The highest BCUT2D eigenvalue weighted by Gasteiger charge is 2.70. The Labute approximate surface area is 138 Å². The lowest BCUT2D eigenvalue weighted by Crippen LogP contribution is -2.82. The smallest absolute Gasteiger partial charge is 0.241 e. The average Bonchev–Trinajstić information content (AvgIpc) is 2.43. The Hall–Kier alpha value is -0.850. The third kappa shape index (κ3) is 2.61. The lowest BCUT2D eigenvalue weighted by molar-refractivity contribution is -0.225. The molecule has 1 aliphatic heterocycles. The van der Waals surface area contributed by atoms with Gasteiger partial charge in [-0.15, -0.1) is 12.4 Å². The van der Waals surface area contributed by atoms with Gasteiger partial charge in [-0.1, -0.05) is 13.8 Å². The van der Waals surface area contributed by atoms with Crippen molar-refractivity contribution in [3.05, 3.63) is 0 Å². The number of carbonyl (C=O) groups is 2. The van der Waals surface area contributed by atoms with Crippen LogP contribution in [0.4, 0.5) is 0 Å². The van der Waals surface area contributed by atoms with E-state index in [1.54, 1.807) is 13.8 Å². The Kier molecular flexibility index (Phi) is 5.22. The van der Waals surface area contributed by atoms with E-state index in [4.69, 9.17) is 16.2 Å². The van der Waals surface area contributed by atoms with E-state index in [0.29, 0.717) is 0 Å². The van der Waals surface area contributed by atoms with Crippen molar-refractivity contribution in [3.8, 4) is 0 Å². The maximum atomic E-state index is 12.6. The zero-order valence-corrected chi connectivity index (χ0v) is 14.6. The SMILES string of the molecule is CC(C)(CNC(=O)C1(N)C2CCCOC2C1(C)C)C(N)=O.Cl. The summed E-state index contributed by atoms with van der Waals surface area (Å²) in [4.78, 5) is 24.0. The van der Waals surface area contributed by atoms with E-state index in [-0.39, 0.29) is 36.9 Å². The molecule has 2 rings (SSSR count). The molecular formula is C15H28ClN3O3. The summed E-state index contributed by atoms with van der Waals surface area (Å²) in [6.45, 7) is 8.27. The van der Waals surface area contributed by atoms with E-state index in [9.17, 15) is 9.59 Å². The molecule has 5 N–H and O–H groups in total. The zero-order valence-electron chi connectivity index (χ0n) is 13.8. The van der Waals surface area contributed by atoms with Gasteiger partial charge in [0.25, 0.3) is 0 Å². The average molecular weight is 334 g/mol. The molecular weight excluding hydrogens is 306 g/mol. The van der Waals surface area contributed by atoms with Gasteiger partial charge in [0.2, 0.25) is 11.8 Å². The van der Waals surface area contributed by atoms with Crippen molar-refractivity contribution in [2.75, 3.05) is 13.2 Å². The van der Waals surface area contributed by atoms with E-state index < -0.39 is 22.3 Å². The van der Waals surface area contributed by atoms with Gasteiger partial charge in [-0.2, -0.15) is 0 Å². The molecule has 0 radical (unpaired) electrons. The molecule has 1 heterocycles. The van der Waals surface area contributed by atoms with Gasteiger partial charge in [0, 0.05) is 24.5 Å². The quantitative estimate of drug-likeness (QED) is 0.699. The number of halogens is 1. The van der Waals surface area contributed by atoms with Crippen molar-refractivity contribution >= 4 is 24.2 Å². The van der Waals surface area contributed by atoms with Crippen LogP contribution in [0.15, 0.2) is 0 Å². The normalized spacial score (nSPS) is 33.0. The lowest BCUT2D eigenvalue weighted by atomic mass is 9.46. The summed E-state index contributed by atoms with van der Waals surface area (Å²) in [6, 6.07) is 0. The van der Waals surface area contributed by atoms with Crippen LogP contribution < -0.4 is 16.8 Å². The number of ether oxygens (including phenoxy) is 1. The molecule has 0 spiro atoms. The monoisotopic (exact) mass is 333 g/mol. The highest BCUT2D eigenvalue weighted by Crippen LogP contribution is 2.57. The van der Waals surface area contributed by atoms with E-state index in [1.165, 1.54) is 0 Å². The van der Waals surface area contributed by atoms with E-state index in [1.807, 2.05) is 13.8 Å². The molecule has 3 atom stereocenters. The Bertz CT molecular complexity index is 467. The second kappa shape index (κ2) is 5.98. The standard InChI is InChI=1S/C15H27N3O3.ClH/c1-13(2,11(16)19)8-18-12(20)15(17)9-6-5-7-21-10(9)14(15,3)4;/h9-10H,5-8,17H2,1-4H3,(H2,16,19)(H,18,20);1H. The molecule has 2 aliphatic rings. The summed E-state index contributed by atoms with van der Waals surface area (Å²) in [5, 5.41) is 2.82. The first kappa shape index (κ1) is 19.2. The molecule has 128 valence electrons. The fourth-order valence-electron chi connectivity index (χ4n) is 3.57. The number of nitrogens with one attached hydrogen (secondary N) is 1. The van der Waals surface area contributed by atoms with Gasteiger partial charge in [0.1, 0.15) is 5.54 Å². The van der Waals surface area contributed by atoms with Crippen LogP contribution in [0.5, 0.6) is 0 Å². The number of fused-ring (bicyclic) bond motifs is 1. The predicted molar refractivity (Wildman–Crippen MR) is 86.4 cm³/mol. The highest BCUT2D eigenvalue weighted by molar-refractivity contribution is 5.90. The molecule has 0 aromatic heterocycles. The Morgan fingerprint density at radius 3 is 2.50 bits per heavy atom. The molecule has 0 bridgehead atoms. The van der Waals surface area contributed by atoms with E-state index in [0.717, 1.165) is 19.4 Å². The van der Waals surface area contributed by atoms with Crippen LogP contribution in [-0.2, 0) is 14.3 Å². The molecule has 3 unspecified atom stereocenters. The largest absolute Gasteiger partial charge is 0.377 e. The van der Waals surface area contributed by atoms with Gasteiger partial charge in [-0.3, -0.25) is 9.59 Å². The van der Waals surface area contributed by atoms with Gasteiger partial charge < -0.3 is 21.5 Å². The molecule has 1 aliphatic carbocycles. The number of nitrogens with two attached hydrogens (primary N) is 2. The molecule has 2 fully saturated rings. The number of hydrogen-bond donors (Lipinski definition) is 3. The van der Waals surface area contributed by atoms with Crippen molar-refractivity contribution in [1.82, 2.24) is 5.32 Å². The number of carbonyl (C=O) groups excluding carboxylic acids is 2. The van der Waals surface area contributed by atoms with Gasteiger partial charge in [0.15, 0.2) is 0 Å². The molecule has 1 saturated carbocycles. The van der Waals surface area contributed by atoms with E-state index >= 15 is 0 Å². The van der Waals surface area contributed by atoms with E-state index in [2.05, 4.69) is 5.32 Å². The van der Waals surface area contributed by atoms with Crippen molar-refractivity contribution < 1.29 is 14.3 Å². The van der Waals surface area contributed by atoms with Crippen LogP contribution >= 0.6 is 12.4 Å². The molecule has 0 aromatic carbocycles. The lowest BCUT2D eigenvalue weighted by Gasteiger charge is -2.65. The number of hydrogen-bond acceptors (Lipinski definition) is 4. The summed E-state index contributed by atoms with van der Waals surface area (Å²) < 4.78 is 5.79. The van der Waals surface area contributed by atoms with Crippen molar-refractivity contribution in [3.63, 3.8) is 0 Å². The minimum Gasteiger partial charge on any atom is -0.377 e. The Balaban J connectivity index is 0.00000242. The fourth-order valence-corrected chi connectivity index (χ4v) is 3.57. The van der Waals surface area contributed by atoms with Crippen LogP contribution in [0, 0.1) is 16.7 Å². The first-order valence-corrected chi connectivity index (χ1v) is 7.54. The molecule has 6 nitrogen and oxygen atoms in total. The van der Waals surface area contributed by atoms with Crippen LogP contribution in [0.2, 0.25) is 0 Å². The van der Waals surface area contributed by atoms with Crippen molar-refractivity contribution in [2.45, 2.75) is 52.2 Å². The summed E-state index contributed by atoms with van der Waals surface area (Å²) in [7, 11) is 0. The van der Waals surface area contributed by atoms with Crippen molar-refractivity contribution in [2.24, 2.45) is 28.2 Å². The first-order chi connectivity index (χ1) is 9.55. The second-order valence-corrected chi connectivity index (χ2v) is 7.56. The van der Waals surface area contributed by atoms with Crippen LogP contribution in [-0.4, -0.2) is 36.6 Å². The summed E-state index contributed by atoms with van der Waals surface area (Å²) >= 11 is 0. The fraction of sp³-hybridized carbons (Fsp3) is 0.867. The highest BCUT2D eigenvalue weighted by atomic mass is 35.5. The summed E-state index contributed by atoms with van der Waals surface area (Å²) in [6.07, 6.45) is 1.86. The first-order valence-electron chi connectivity index (χ1n) is 7.54. The molecule has 2 amide bonds. The third-order valence-corrected chi connectivity index (χ3v) is 5.42. The minimum absolute atomic E-state index is 0. The zero-order chi connectivity index (χ0) is 16.1. The Morgan fingerprint density at radius 2 is 1.95 bits per heavy atom. The third-order valence-electron chi connectivity index (χ3n) is 5.42. The van der Waals surface area contributed by atoms with Gasteiger partial charge in [0.05, 0.1) is 11.5 Å². The van der Waals surface area contributed by atoms with Crippen LogP contribution in [0.3, 0.4) is 0 Å². The van der Waals surface area contributed by atoms with Gasteiger partial charge in [-0.25, -0.2) is 0 Å². The second-order valence-electron chi connectivity index (χ2n) is 7.56. The summed E-state index contributed by atoms with van der Waals surface area (Å²) in [5.74, 6) is -0.618.